The number of aryl methyl sites for hydroxylation is 1. The van der Waals surface area contributed by atoms with Gasteiger partial charge in [-0.15, -0.1) is 12.4 Å². The number of rotatable bonds is 3. The highest BCUT2D eigenvalue weighted by Gasteiger charge is 2.33. The van der Waals surface area contributed by atoms with E-state index in [-0.39, 0.29) is 35.5 Å². The molecule has 0 radical (unpaired) electrons. The lowest BCUT2D eigenvalue weighted by Gasteiger charge is -2.30. The van der Waals surface area contributed by atoms with E-state index in [0.29, 0.717) is 18.9 Å². The highest BCUT2D eigenvalue weighted by Crippen LogP contribution is 2.36. The lowest BCUT2D eigenvalue weighted by molar-refractivity contribution is -0.116. The lowest BCUT2D eigenvalue weighted by atomic mass is 9.76. The number of carbonyl (C=O) groups excluding carboxylic acids is 2. The van der Waals surface area contributed by atoms with Gasteiger partial charge in [0.2, 0.25) is 5.91 Å². The Morgan fingerprint density at radius 3 is 2.58 bits per heavy atom. The van der Waals surface area contributed by atoms with Gasteiger partial charge in [-0.05, 0) is 48.9 Å². The number of hydrogen-bond acceptors (Lipinski definition) is 3. The van der Waals surface area contributed by atoms with Crippen molar-refractivity contribution in [3.05, 3.63) is 28.3 Å². The lowest BCUT2D eigenvalue weighted by Crippen LogP contribution is -2.36. The van der Waals surface area contributed by atoms with Crippen molar-refractivity contribution in [2.75, 3.05) is 11.9 Å². The van der Waals surface area contributed by atoms with Crippen LogP contribution in [0, 0.1) is 12.8 Å². The Balaban J connectivity index is 0.00000144. The van der Waals surface area contributed by atoms with Crippen LogP contribution in [0.4, 0.5) is 5.69 Å². The van der Waals surface area contributed by atoms with Gasteiger partial charge >= 0.3 is 0 Å². The van der Waals surface area contributed by atoms with Gasteiger partial charge in [-0.25, -0.2) is 0 Å². The number of hydrogen-bond donors (Lipinski definition) is 2. The molecule has 5 nitrogen and oxygen atoms in total. The molecule has 1 aromatic carbocycles. The zero-order chi connectivity index (χ0) is 15.9. The summed E-state index contributed by atoms with van der Waals surface area (Å²) in [5.41, 5.74) is 5.12. The van der Waals surface area contributed by atoms with Crippen molar-refractivity contribution in [2.24, 2.45) is 5.92 Å². The van der Waals surface area contributed by atoms with E-state index >= 15 is 0 Å². The van der Waals surface area contributed by atoms with Gasteiger partial charge < -0.3 is 16.1 Å². The number of carbonyl (C=O) groups is 2. The van der Waals surface area contributed by atoms with Gasteiger partial charge in [0.05, 0.1) is 0 Å². The number of benzene rings is 1. The fraction of sp³-hybridized carbons (Fsp3) is 0.556. The minimum atomic E-state index is 0. The normalized spacial score (nSPS) is 18.9. The maximum atomic E-state index is 13.0. The molecule has 1 aliphatic carbocycles. The molecule has 0 bridgehead atoms. The van der Waals surface area contributed by atoms with Crippen molar-refractivity contribution in [1.29, 1.82) is 0 Å². The molecule has 24 heavy (non-hydrogen) atoms. The molecule has 2 aliphatic rings. The van der Waals surface area contributed by atoms with Gasteiger partial charge in [0.1, 0.15) is 0 Å². The van der Waals surface area contributed by atoms with Crippen LogP contribution in [0.5, 0.6) is 0 Å². The minimum Gasteiger partial charge on any atom is -0.412 e. The molecule has 1 aromatic rings. The van der Waals surface area contributed by atoms with Crippen molar-refractivity contribution >= 4 is 29.8 Å². The molecule has 0 aromatic heterocycles. The molecular weight excluding hydrogens is 328 g/mol. The van der Waals surface area contributed by atoms with Gasteiger partial charge in [0.15, 0.2) is 5.78 Å². The standard InChI is InChI=1S/C18H24N2O2.ClH.H2O/c1-10(2)19-9-12-4-5-13-11(3)8-15-14(17(13)18(12)22)6-7-16(21)20-15;;/h8,10,12,19H,4-7,9H2,1-3H3,(H,20,21);1H;1H2. The highest BCUT2D eigenvalue weighted by molar-refractivity contribution is 6.05. The van der Waals surface area contributed by atoms with E-state index in [0.717, 1.165) is 41.8 Å². The van der Waals surface area contributed by atoms with Crippen LogP contribution in [-0.2, 0) is 17.6 Å². The Morgan fingerprint density at radius 2 is 1.92 bits per heavy atom. The monoisotopic (exact) mass is 354 g/mol. The molecule has 6 heteroatoms. The second kappa shape index (κ2) is 8.10. The number of ketones is 1. The van der Waals surface area contributed by atoms with Crippen LogP contribution in [0.25, 0.3) is 0 Å². The van der Waals surface area contributed by atoms with Crippen molar-refractivity contribution in [3.8, 4) is 0 Å². The van der Waals surface area contributed by atoms with Crippen molar-refractivity contribution in [1.82, 2.24) is 5.32 Å². The number of nitrogens with one attached hydrogen (secondary N) is 2. The highest BCUT2D eigenvalue weighted by atomic mass is 35.5. The summed E-state index contributed by atoms with van der Waals surface area (Å²) in [7, 11) is 0. The predicted molar refractivity (Wildman–Crippen MR) is 98.3 cm³/mol. The minimum absolute atomic E-state index is 0. The molecule has 0 saturated heterocycles. The van der Waals surface area contributed by atoms with Gasteiger partial charge in [-0.1, -0.05) is 13.8 Å². The summed E-state index contributed by atoms with van der Waals surface area (Å²) in [6.07, 6.45) is 3.03. The molecular formula is C18H27ClN2O3. The second-order valence-corrected chi connectivity index (χ2v) is 6.78. The SMILES string of the molecule is Cc1cc2c(c3c1CCC(CNC(C)C)C3=O)CCC(=O)N2.Cl.O. The van der Waals surface area contributed by atoms with E-state index in [2.05, 4.69) is 24.5 Å². The van der Waals surface area contributed by atoms with E-state index in [9.17, 15) is 9.59 Å². The number of amides is 1. The summed E-state index contributed by atoms with van der Waals surface area (Å²) in [5, 5.41) is 6.32. The Bertz CT molecular complexity index is 644. The summed E-state index contributed by atoms with van der Waals surface area (Å²) in [6, 6.07) is 2.42. The van der Waals surface area contributed by atoms with Crippen molar-refractivity contribution in [2.45, 2.75) is 52.5 Å². The van der Waals surface area contributed by atoms with Crippen molar-refractivity contribution in [3.63, 3.8) is 0 Å². The summed E-state index contributed by atoms with van der Waals surface area (Å²) in [6.45, 7) is 6.98. The van der Waals surface area contributed by atoms with Gasteiger partial charge in [-0.2, -0.15) is 0 Å². The third kappa shape index (κ3) is 3.79. The molecule has 3 rings (SSSR count). The molecule has 1 unspecified atom stereocenters. The fourth-order valence-corrected chi connectivity index (χ4v) is 3.57. The van der Waals surface area contributed by atoms with Crippen LogP contribution < -0.4 is 10.6 Å². The first kappa shape index (κ1) is 20.6. The van der Waals surface area contributed by atoms with E-state index in [4.69, 9.17) is 0 Å². The Hall–Kier alpha value is -1.43. The summed E-state index contributed by atoms with van der Waals surface area (Å²) >= 11 is 0. The molecule has 4 N–H and O–H groups in total. The van der Waals surface area contributed by atoms with Crippen LogP contribution >= 0.6 is 12.4 Å². The van der Waals surface area contributed by atoms with E-state index in [1.165, 1.54) is 5.56 Å². The Kier molecular flexibility index (Phi) is 6.96. The zero-order valence-electron chi connectivity index (χ0n) is 14.5. The zero-order valence-corrected chi connectivity index (χ0v) is 15.3. The second-order valence-electron chi connectivity index (χ2n) is 6.78. The Morgan fingerprint density at radius 1 is 1.21 bits per heavy atom. The molecule has 0 spiro atoms. The fourth-order valence-electron chi connectivity index (χ4n) is 3.57. The predicted octanol–water partition coefficient (Wildman–Crippen LogP) is 2.22. The van der Waals surface area contributed by atoms with E-state index in [1.807, 2.05) is 13.0 Å². The van der Waals surface area contributed by atoms with E-state index < -0.39 is 0 Å². The van der Waals surface area contributed by atoms with Crippen LogP contribution in [0.3, 0.4) is 0 Å². The summed E-state index contributed by atoms with van der Waals surface area (Å²) < 4.78 is 0. The first-order chi connectivity index (χ1) is 10.5. The molecule has 0 saturated carbocycles. The molecule has 1 atom stereocenters. The first-order valence-electron chi connectivity index (χ1n) is 8.20. The number of fused-ring (bicyclic) bond motifs is 3. The number of halogens is 1. The van der Waals surface area contributed by atoms with Crippen LogP contribution in [0.2, 0.25) is 0 Å². The smallest absolute Gasteiger partial charge is 0.224 e. The summed E-state index contributed by atoms with van der Waals surface area (Å²) in [4.78, 5) is 24.6. The van der Waals surface area contributed by atoms with Crippen LogP contribution in [-0.4, -0.2) is 29.8 Å². The number of Topliss-reactive ketones (excluding diaryl/α,β-unsaturated/α-hetero) is 1. The topological polar surface area (TPSA) is 89.7 Å². The summed E-state index contributed by atoms with van der Waals surface area (Å²) in [5.74, 6) is 0.358. The molecule has 1 heterocycles. The largest absolute Gasteiger partial charge is 0.412 e. The van der Waals surface area contributed by atoms with E-state index in [1.54, 1.807) is 0 Å². The third-order valence-electron chi connectivity index (χ3n) is 4.77. The van der Waals surface area contributed by atoms with Crippen LogP contribution in [0.15, 0.2) is 6.07 Å². The maximum Gasteiger partial charge on any atom is 0.224 e. The molecule has 134 valence electrons. The van der Waals surface area contributed by atoms with Crippen LogP contribution in [0.1, 0.15) is 53.7 Å². The van der Waals surface area contributed by atoms with Gasteiger partial charge in [0.25, 0.3) is 0 Å². The third-order valence-corrected chi connectivity index (χ3v) is 4.77. The first-order valence-corrected chi connectivity index (χ1v) is 8.20. The number of anilines is 1. The van der Waals surface area contributed by atoms with Gasteiger partial charge in [-0.3, -0.25) is 9.59 Å². The Labute approximate surface area is 149 Å². The average molecular weight is 355 g/mol. The quantitative estimate of drug-likeness (QED) is 0.872. The average Bonchev–Trinajstić information content (AvgIpc) is 2.46. The molecule has 1 amide bonds. The molecule has 1 aliphatic heterocycles. The van der Waals surface area contributed by atoms with Crippen molar-refractivity contribution < 1.29 is 15.1 Å². The van der Waals surface area contributed by atoms with Gasteiger partial charge in [0, 0.05) is 36.2 Å². The molecule has 0 fully saturated rings. The maximum absolute atomic E-state index is 13.0.